The predicted molar refractivity (Wildman–Crippen MR) is 130 cm³/mol. The lowest BCUT2D eigenvalue weighted by atomic mass is 10.2. The summed E-state index contributed by atoms with van der Waals surface area (Å²) in [6.07, 6.45) is -2.83. The van der Waals surface area contributed by atoms with Gasteiger partial charge in [0.1, 0.15) is 24.2 Å². The number of H-pyrrole nitrogens is 1. The normalized spacial score (nSPS) is 24.6. The van der Waals surface area contributed by atoms with Gasteiger partial charge in [-0.1, -0.05) is 23.8 Å². The number of carbonyl (C=O) groups excluding carboxylic acids is 1. The highest BCUT2D eigenvalue weighted by atomic mass is 35.5. The largest absolute Gasteiger partial charge is 0.530 e. The van der Waals surface area contributed by atoms with E-state index in [1.54, 1.807) is 12.1 Å². The van der Waals surface area contributed by atoms with E-state index in [0.29, 0.717) is 10.6 Å². The Hall–Kier alpha value is -2.87. The highest BCUT2D eigenvalue weighted by Gasteiger charge is 2.43. The minimum absolute atomic E-state index is 0.0279. The number of ether oxygens (including phenoxy) is 2. The van der Waals surface area contributed by atoms with Crippen molar-refractivity contribution in [3.8, 4) is 5.75 Å². The number of rotatable bonds is 9. The number of aromatic nitrogens is 2. The lowest BCUT2D eigenvalue weighted by Crippen LogP contribution is -2.34. The number of nitrogens with zero attached hydrogens (tertiary/aromatic N) is 1. The Morgan fingerprint density at radius 2 is 2.11 bits per heavy atom. The first-order chi connectivity index (χ1) is 17.6. The predicted octanol–water partition coefficient (Wildman–Crippen LogP) is 2.34. The number of thiocarbonyl (C=S) groups is 1. The molecule has 16 heteroatoms. The Labute approximate surface area is 218 Å². The molecule has 1 saturated heterocycles. The minimum atomic E-state index is -4.10. The van der Waals surface area contributed by atoms with Crippen LogP contribution in [0, 0.1) is 0 Å². The molecule has 1 aromatic heterocycles. The van der Waals surface area contributed by atoms with Gasteiger partial charge >= 0.3 is 25.5 Å². The Balaban J connectivity index is 1.51. The van der Waals surface area contributed by atoms with Crippen LogP contribution in [0.25, 0.3) is 0 Å². The third-order valence-electron chi connectivity index (χ3n) is 5.45. The van der Waals surface area contributed by atoms with Crippen LogP contribution in [-0.4, -0.2) is 50.8 Å². The van der Waals surface area contributed by atoms with Gasteiger partial charge < -0.3 is 19.1 Å². The fourth-order valence-electron chi connectivity index (χ4n) is 3.65. The quantitative estimate of drug-likeness (QED) is 0.255. The molecule has 0 bridgehead atoms. The van der Waals surface area contributed by atoms with Crippen molar-refractivity contribution in [3.63, 3.8) is 0 Å². The number of benzene rings is 1. The zero-order chi connectivity index (χ0) is 26.7. The van der Waals surface area contributed by atoms with E-state index < -0.39 is 68.9 Å². The number of hydrogen-bond acceptors (Lipinski definition) is 11. The number of phosphoric acid groups is 1. The molecule has 37 heavy (non-hydrogen) atoms. The maximum Gasteiger partial charge on any atom is 0.530 e. The van der Waals surface area contributed by atoms with Crippen molar-refractivity contribution < 1.29 is 42.3 Å². The third kappa shape index (κ3) is 6.53. The summed E-state index contributed by atoms with van der Waals surface area (Å²) in [7, 11) is -4.10. The molecule has 198 valence electrons. The molecule has 0 amide bonds. The maximum absolute atomic E-state index is 13.0. The Bertz CT molecular complexity index is 1390. The number of hydrogen-bond donors (Lipinski definition) is 2. The van der Waals surface area contributed by atoms with Gasteiger partial charge in [-0.05, 0) is 18.2 Å². The molecule has 2 aliphatic rings. The van der Waals surface area contributed by atoms with Crippen molar-refractivity contribution in [1.82, 2.24) is 9.55 Å². The van der Waals surface area contributed by atoms with Crippen molar-refractivity contribution in [2.75, 3.05) is 6.61 Å². The van der Waals surface area contributed by atoms with Gasteiger partial charge in [0, 0.05) is 28.6 Å². The van der Waals surface area contributed by atoms with Crippen molar-refractivity contribution in [1.29, 1.82) is 0 Å². The number of carboxylic acid groups (broad SMARTS) is 1. The van der Waals surface area contributed by atoms with Gasteiger partial charge in [0.25, 0.3) is 5.56 Å². The van der Waals surface area contributed by atoms with Crippen molar-refractivity contribution in [2.24, 2.45) is 0 Å². The van der Waals surface area contributed by atoms with Gasteiger partial charge in [0.15, 0.2) is 0 Å². The molecule has 0 spiro atoms. The van der Waals surface area contributed by atoms with Crippen LogP contribution in [0.1, 0.15) is 36.6 Å². The van der Waals surface area contributed by atoms with Crippen LogP contribution >= 0.6 is 31.6 Å². The van der Waals surface area contributed by atoms with E-state index in [0.717, 1.165) is 9.93 Å². The molecule has 1 aromatic carbocycles. The van der Waals surface area contributed by atoms with Gasteiger partial charge in [-0.15, -0.1) is 0 Å². The molecular formula is C21H20ClN2O11PS. The first-order valence-corrected chi connectivity index (χ1v) is 13.1. The molecule has 0 aliphatic carbocycles. The van der Waals surface area contributed by atoms with Crippen LogP contribution in [-0.2, 0) is 39.3 Å². The highest BCUT2D eigenvalue weighted by Crippen LogP contribution is 2.55. The summed E-state index contributed by atoms with van der Waals surface area (Å²) in [5.74, 6) is -1.75. The number of nitrogens with one attached hydrogen (secondary N) is 1. The summed E-state index contributed by atoms with van der Waals surface area (Å²) in [6.45, 7) is -0.534. The average molecular weight is 575 g/mol. The number of fused-ring (bicyclic) bond motifs is 1. The third-order valence-corrected chi connectivity index (χ3v) is 7.27. The summed E-state index contributed by atoms with van der Waals surface area (Å²) in [6, 6.07) is 4.65. The van der Waals surface area contributed by atoms with Crippen molar-refractivity contribution in [3.05, 3.63) is 61.4 Å². The summed E-state index contributed by atoms with van der Waals surface area (Å²) < 4.78 is 41.4. The SMILES string of the molecule is O=C(O)CCC(=O)O[C@@H]1C[C@H](n2cc(C=S)c(=O)[nH]c2=O)O[C@@H]1COP1(=O)OCc2cc(Cl)ccc2O1. The van der Waals surface area contributed by atoms with Crippen LogP contribution in [0.2, 0.25) is 5.02 Å². The van der Waals surface area contributed by atoms with Crippen molar-refractivity contribution >= 4 is 48.9 Å². The summed E-state index contributed by atoms with van der Waals surface area (Å²) in [5, 5.41) is 10.3. The first-order valence-electron chi connectivity index (χ1n) is 10.8. The van der Waals surface area contributed by atoms with Gasteiger partial charge in [0.05, 0.1) is 31.6 Å². The molecule has 0 saturated carbocycles. The highest BCUT2D eigenvalue weighted by molar-refractivity contribution is 7.79. The number of halogens is 1. The van der Waals surface area contributed by atoms with Crippen LogP contribution in [0.5, 0.6) is 5.75 Å². The maximum atomic E-state index is 13.0. The number of carboxylic acids is 1. The van der Waals surface area contributed by atoms with E-state index in [1.165, 1.54) is 12.3 Å². The smallest absolute Gasteiger partial charge is 0.481 e. The van der Waals surface area contributed by atoms with E-state index in [-0.39, 0.29) is 24.3 Å². The molecule has 3 heterocycles. The molecule has 4 rings (SSSR count). The summed E-state index contributed by atoms with van der Waals surface area (Å²) in [5.41, 5.74) is -0.885. The standard InChI is InChI=1S/C21H20ClN2O11PS/c22-13-1-2-14-11(5-13)8-31-36(30,35-14)32-9-16-15(34-19(27)4-3-18(25)26)6-17(33-16)24-7-12(10-37)20(28)23-21(24)29/h1-2,5,7,10,15-17H,3-4,6,8-9H2,(H,25,26)(H,23,28,29)/t15-,16-,17-,36?/m1/s1. The lowest BCUT2D eigenvalue weighted by Gasteiger charge is -2.26. The number of phosphoric ester groups is 1. The van der Waals surface area contributed by atoms with E-state index in [9.17, 15) is 23.7 Å². The van der Waals surface area contributed by atoms with E-state index in [2.05, 4.69) is 4.98 Å². The summed E-state index contributed by atoms with van der Waals surface area (Å²) in [4.78, 5) is 49.3. The Morgan fingerprint density at radius 3 is 2.84 bits per heavy atom. The molecule has 4 atom stereocenters. The van der Waals surface area contributed by atoms with Crippen LogP contribution in [0.4, 0.5) is 0 Å². The van der Waals surface area contributed by atoms with E-state index >= 15 is 0 Å². The number of aliphatic carboxylic acids is 1. The monoisotopic (exact) mass is 574 g/mol. The molecular weight excluding hydrogens is 555 g/mol. The molecule has 1 unspecified atom stereocenters. The van der Waals surface area contributed by atoms with Gasteiger partial charge in [0.2, 0.25) is 0 Å². The topological polar surface area (TPSA) is 172 Å². The zero-order valence-corrected chi connectivity index (χ0v) is 21.3. The van der Waals surface area contributed by atoms with Gasteiger partial charge in [-0.3, -0.25) is 33.0 Å². The molecule has 13 nitrogen and oxygen atoms in total. The number of esters is 1. The Morgan fingerprint density at radius 1 is 1.32 bits per heavy atom. The lowest BCUT2D eigenvalue weighted by molar-refractivity contribution is -0.155. The number of aromatic amines is 1. The van der Waals surface area contributed by atoms with Gasteiger partial charge in [-0.2, -0.15) is 0 Å². The Kier molecular flexibility index (Phi) is 8.26. The first kappa shape index (κ1) is 27.2. The van der Waals surface area contributed by atoms with Crippen molar-refractivity contribution in [2.45, 2.75) is 44.3 Å². The number of carbonyl (C=O) groups is 2. The zero-order valence-electron chi connectivity index (χ0n) is 18.9. The fourth-order valence-corrected chi connectivity index (χ4v) is 5.24. The summed E-state index contributed by atoms with van der Waals surface area (Å²) >= 11 is 10.7. The molecule has 2 aliphatic heterocycles. The van der Waals surface area contributed by atoms with Crippen LogP contribution < -0.4 is 15.8 Å². The molecule has 0 radical (unpaired) electrons. The average Bonchev–Trinajstić information content (AvgIpc) is 3.24. The van der Waals surface area contributed by atoms with E-state index in [4.69, 9.17) is 52.0 Å². The molecule has 2 N–H and O–H groups in total. The van der Waals surface area contributed by atoms with Crippen LogP contribution in [0.3, 0.4) is 0 Å². The second-order valence-electron chi connectivity index (χ2n) is 8.02. The second-order valence-corrected chi connectivity index (χ2v) is 10.3. The molecule has 2 aromatic rings. The fraction of sp³-hybridized carbons (Fsp3) is 0.381. The van der Waals surface area contributed by atoms with Gasteiger partial charge in [-0.25, -0.2) is 9.36 Å². The van der Waals surface area contributed by atoms with Crippen LogP contribution in [0.15, 0.2) is 34.0 Å². The minimum Gasteiger partial charge on any atom is -0.481 e. The van der Waals surface area contributed by atoms with E-state index in [1.807, 2.05) is 0 Å². The second kappa shape index (κ2) is 11.3. The molecule has 1 fully saturated rings.